The number of benzene rings is 3. The average molecular weight is 420 g/mol. The number of carbonyl (C=O) groups is 1. The van der Waals surface area contributed by atoms with Crippen molar-refractivity contribution in [2.75, 3.05) is 5.32 Å². The fraction of sp³-hybridized carbons (Fsp3) is 0.0435. The van der Waals surface area contributed by atoms with Crippen LogP contribution in [-0.2, 0) is 11.3 Å². The van der Waals surface area contributed by atoms with E-state index in [1.807, 2.05) is 78.9 Å². The molecule has 0 aliphatic carbocycles. The van der Waals surface area contributed by atoms with Crippen molar-refractivity contribution in [2.45, 2.75) is 16.3 Å². The molecule has 3 rings (SSSR count). The molecule has 0 bridgehead atoms. The van der Waals surface area contributed by atoms with E-state index in [0.29, 0.717) is 17.3 Å². The van der Waals surface area contributed by atoms with Gasteiger partial charge in [0, 0.05) is 27.6 Å². The van der Waals surface area contributed by atoms with Gasteiger partial charge in [-0.1, -0.05) is 65.8 Å². The average Bonchev–Trinajstić information content (AvgIpc) is 2.73. The highest BCUT2D eigenvalue weighted by Crippen LogP contribution is 2.33. The van der Waals surface area contributed by atoms with E-state index in [-0.39, 0.29) is 5.57 Å². The van der Waals surface area contributed by atoms with E-state index in [4.69, 9.17) is 11.6 Å². The number of anilines is 1. The number of para-hydroxylation sites is 1. The number of nitrogens with one attached hydrogen (secondary N) is 2. The van der Waals surface area contributed by atoms with Gasteiger partial charge in [0.2, 0.25) is 0 Å². The highest BCUT2D eigenvalue weighted by atomic mass is 35.5. The number of hydrogen-bond acceptors (Lipinski definition) is 4. The van der Waals surface area contributed by atoms with Gasteiger partial charge in [-0.25, -0.2) is 0 Å². The van der Waals surface area contributed by atoms with Gasteiger partial charge in [0.1, 0.15) is 11.6 Å². The summed E-state index contributed by atoms with van der Waals surface area (Å²) >= 11 is 7.51. The smallest absolute Gasteiger partial charge is 0.267 e. The minimum atomic E-state index is -0.466. The lowest BCUT2D eigenvalue weighted by molar-refractivity contribution is -0.112. The SMILES string of the molecule is N#C/C(=C/NCc1cccc(Cl)c1)C(=O)Nc1ccccc1Sc1ccccc1. The number of nitrogens with zero attached hydrogens (tertiary/aromatic N) is 1. The highest BCUT2D eigenvalue weighted by Gasteiger charge is 2.12. The van der Waals surface area contributed by atoms with Crippen LogP contribution in [0.25, 0.3) is 0 Å². The Morgan fingerprint density at radius 3 is 2.55 bits per heavy atom. The van der Waals surface area contributed by atoms with Crippen molar-refractivity contribution in [3.63, 3.8) is 0 Å². The molecule has 6 heteroatoms. The van der Waals surface area contributed by atoms with Crippen LogP contribution in [0.15, 0.2) is 100 Å². The molecule has 0 spiro atoms. The fourth-order valence-corrected chi connectivity index (χ4v) is 3.67. The minimum Gasteiger partial charge on any atom is -0.386 e. The summed E-state index contributed by atoms with van der Waals surface area (Å²) in [5, 5.41) is 15.8. The van der Waals surface area contributed by atoms with Gasteiger partial charge in [-0.05, 0) is 42.0 Å². The molecule has 2 N–H and O–H groups in total. The number of hydrogen-bond donors (Lipinski definition) is 2. The number of halogens is 1. The van der Waals surface area contributed by atoms with Crippen molar-refractivity contribution < 1.29 is 4.79 Å². The largest absolute Gasteiger partial charge is 0.386 e. The van der Waals surface area contributed by atoms with Gasteiger partial charge in [0.05, 0.1) is 5.69 Å². The van der Waals surface area contributed by atoms with Crippen molar-refractivity contribution >= 4 is 35.0 Å². The van der Waals surface area contributed by atoms with Gasteiger partial charge >= 0.3 is 0 Å². The van der Waals surface area contributed by atoms with Crippen LogP contribution in [0.1, 0.15) is 5.56 Å². The molecule has 144 valence electrons. The Hall–Kier alpha value is -3.20. The minimum absolute atomic E-state index is 0.00783. The van der Waals surface area contributed by atoms with Crippen LogP contribution in [0, 0.1) is 11.3 Å². The van der Waals surface area contributed by atoms with Gasteiger partial charge < -0.3 is 10.6 Å². The molecule has 0 radical (unpaired) electrons. The lowest BCUT2D eigenvalue weighted by Crippen LogP contribution is -2.17. The summed E-state index contributed by atoms with van der Waals surface area (Å²) in [6.07, 6.45) is 1.42. The zero-order valence-corrected chi connectivity index (χ0v) is 17.0. The lowest BCUT2D eigenvalue weighted by Gasteiger charge is -2.10. The van der Waals surface area contributed by atoms with E-state index in [0.717, 1.165) is 15.4 Å². The molecule has 0 unspecified atom stereocenters. The quantitative estimate of drug-likeness (QED) is 0.385. The van der Waals surface area contributed by atoms with Crippen LogP contribution in [-0.4, -0.2) is 5.91 Å². The molecule has 0 heterocycles. The third kappa shape index (κ3) is 6.15. The van der Waals surface area contributed by atoms with E-state index >= 15 is 0 Å². The third-order valence-electron chi connectivity index (χ3n) is 3.91. The summed E-state index contributed by atoms with van der Waals surface area (Å²) in [6.45, 7) is 0.458. The van der Waals surface area contributed by atoms with Crippen LogP contribution in [0.3, 0.4) is 0 Å². The van der Waals surface area contributed by atoms with E-state index in [1.165, 1.54) is 6.20 Å². The summed E-state index contributed by atoms with van der Waals surface area (Å²) in [6, 6.07) is 26.7. The molecule has 1 amide bonds. The molecular formula is C23H18ClN3OS. The number of carbonyl (C=O) groups excluding carboxylic acids is 1. The Morgan fingerprint density at radius 1 is 1.03 bits per heavy atom. The summed E-state index contributed by atoms with van der Waals surface area (Å²) in [7, 11) is 0. The molecule has 0 aliphatic heterocycles. The standard InChI is InChI=1S/C23H18ClN3OS/c24-19-8-6-7-17(13-19)15-26-16-18(14-25)23(28)27-21-11-4-5-12-22(21)29-20-9-2-1-3-10-20/h1-13,16,26H,15H2,(H,27,28)/b18-16-. The van der Waals surface area contributed by atoms with Gasteiger partial charge in [-0.3, -0.25) is 4.79 Å². The van der Waals surface area contributed by atoms with Gasteiger partial charge in [0.25, 0.3) is 5.91 Å². The molecule has 0 saturated carbocycles. The molecule has 29 heavy (non-hydrogen) atoms. The van der Waals surface area contributed by atoms with Gasteiger partial charge in [-0.15, -0.1) is 0 Å². The topological polar surface area (TPSA) is 64.9 Å². The van der Waals surface area contributed by atoms with Gasteiger partial charge in [0.15, 0.2) is 0 Å². The second kappa shape index (κ2) is 10.4. The van der Waals surface area contributed by atoms with Crippen LogP contribution in [0.5, 0.6) is 0 Å². The summed E-state index contributed by atoms with van der Waals surface area (Å²) in [4.78, 5) is 14.5. The van der Waals surface area contributed by atoms with E-state index in [1.54, 1.807) is 17.8 Å². The number of nitriles is 1. The first-order valence-corrected chi connectivity index (χ1v) is 10.1. The van der Waals surface area contributed by atoms with Crippen molar-refractivity contribution in [2.24, 2.45) is 0 Å². The summed E-state index contributed by atoms with van der Waals surface area (Å²) in [5.74, 6) is -0.466. The Labute approximate surface area is 179 Å². The Bertz CT molecular complexity index is 1060. The number of amides is 1. The molecule has 0 atom stereocenters. The van der Waals surface area contributed by atoms with Gasteiger partial charge in [-0.2, -0.15) is 5.26 Å². The van der Waals surface area contributed by atoms with Crippen LogP contribution >= 0.6 is 23.4 Å². The van der Waals surface area contributed by atoms with Crippen LogP contribution in [0.2, 0.25) is 5.02 Å². The van der Waals surface area contributed by atoms with E-state index in [9.17, 15) is 10.1 Å². The predicted molar refractivity (Wildman–Crippen MR) is 118 cm³/mol. The van der Waals surface area contributed by atoms with E-state index in [2.05, 4.69) is 10.6 Å². The molecule has 3 aromatic rings. The Balaban J connectivity index is 1.67. The normalized spacial score (nSPS) is 10.8. The van der Waals surface area contributed by atoms with Crippen LogP contribution in [0.4, 0.5) is 5.69 Å². The first-order valence-electron chi connectivity index (χ1n) is 8.87. The Morgan fingerprint density at radius 2 is 1.79 bits per heavy atom. The summed E-state index contributed by atoms with van der Waals surface area (Å²) < 4.78 is 0. The monoisotopic (exact) mass is 419 g/mol. The fourth-order valence-electron chi connectivity index (χ4n) is 2.53. The second-order valence-electron chi connectivity index (χ2n) is 6.05. The summed E-state index contributed by atoms with van der Waals surface area (Å²) in [5.41, 5.74) is 1.60. The Kier molecular flexibility index (Phi) is 7.34. The zero-order valence-electron chi connectivity index (χ0n) is 15.4. The first kappa shape index (κ1) is 20.5. The third-order valence-corrected chi connectivity index (χ3v) is 5.23. The molecule has 0 aromatic heterocycles. The maximum absolute atomic E-state index is 12.6. The highest BCUT2D eigenvalue weighted by molar-refractivity contribution is 7.99. The second-order valence-corrected chi connectivity index (χ2v) is 7.60. The molecular weight excluding hydrogens is 402 g/mol. The maximum atomic E-state index is 12.6. The maximum Gasteiger partial charge on any atom is 0.267 e. The molecule has 0 aliphatic rings. The van der Waals surface area contributed by atoms with Crippen LogP contribution < -0.4 is 10.6 Å². The zero-order chi connectivity index (χ0) is 20.5. The molecule has 0 fully saturated rings. The first-order chi connectivity index (χ1) is 14.2. The van der Waals surface area contributed by atoms with E-state index < -0.39 is 5.91 Å². The van der Waals surface area contributed by atoms with Crippen molar-refractivity contribution in [3.05, 3.63) is 101 Å². The van der Waals surface area contributed by atoms with Crippen molar-refractivity contribution in [1.82, 2.24) is 5.32 Å². The number of rotatable bonds is 7. The molecule has 3 aromatic carbocycles. The lowest BCUT2D eigenvalue weighted by atomic mass is 10.2. The molecule has 0 saturated heterocycles. The van der Waals surface area contributed by atoms with Crippen molar-refractivity contribution in [3.8, 4) is 6.07 Å². The van der Waals surface area contributed by atoms with Crippen molar-refractivity contribution in [1.29, 1.82) is 5.26 Å². The molecule has 4 nitrogen and oxygen atoms in total. The predicted octanol–water partition coefficient (Wildman–Crippen LogP) is 5.63.